The first-order valence-corrected chi connectivity index (χ1v) is 7.75. The molecular formula is C17H26FNO2. The van der Waals surface area contributed by atoms with Crippen molar-refractivity contribution in [1.29, 1.82) is 0 Å². The van der Waals surface area contributed by atoms with E-state index in [1.807, 2.05) is 6.92 Å². The quantitative estimate of drug-likeness (QED) is 0.876. The molecule has 0 aromatic heterocycles. The van der Waals surface area contributed by atoms with E-state index >= 15 is 0 Å². The van der Waals surface area contributed by atoms with Gasteiger partial charge in [0.15, 0.2) is 0 Å². The summed E-state index contributed by atoms with van der Waals surface area (Å²) in [5.74, 6) is 0.248. The van der Waals surface area contributed by atoms with Crippen LogP contribution in [0, 0.1) is 17.7 Å². The van der Waals surface area contributed by atoms with Gasteiger partial charge in [-0.15, -0.1) is 0 Å². The van der Waals surface area contributed by atoms with Crippen LogP contribution in [0.15, 0.2) is 24.3 Å². The molecule has 0 aliphatic carbocycles. The average Bonchev–Trinajstić information content (AvgIpc) is 2.48. The van der Waals surface area contributed by atoms with E-state index in [4.69, 9.17) is 4.74 Å². The summed E-state index contributed by atoms with van der Waals surface area (Å²) in [5.41, 5.74) is 0.399. The summed E-state index contributed by atoms with van der Waals surface area (Å²) in [7, 11) is 1.74. The van der Waals surface area contributed by atoms with E-state index in [0.717, 1.165) is 32.7 Å². The number of aliphatic hydroxyl groups excluding tert-OH is 1. The fourth-order valence-electron chi connectivity index (χ4n) is 3.22. The molecule has 0 spiro atoms. The van der Waals surface area contributed by atoms with Gasteiger partial charge in [-0.3, -0.25) is 0 Å². The first-order chi connectivity index (χ1) is 10.1. The zero-order valence-electron chi connectivity index (χ0n) is 13.0. The van der Waals surface area contributed by atoms with Gasteiger partial charge in [0, 0.05) is 25.8 Å². The monoisotopic (exact) mass is 295 g/mol. The van der Waals surface area contributed by atoms with Gasteiger partial charge in [-0.05, 0) is 37.3 Å². The number of aliphatic hydroxyl groups is 1. The molecule has 1 saturated heterocycles. The van der Waals surface area contributed by atoms with Crippen LogP contribution in [-0.4, -0.2) is 43.4 Å². The van der Waals surface area contributed by atoms with Gasteiger partial charge in [-0.25, -0.2) is 4.39 Å². The molecule has 2 rings (SSSR count). The van der Waals surface area contributed by atoms with Crippen LogP contribution in [0.4, 0.5) is 4.39 Å². The Bertz CT molecular complexity index is 439. The molecule has 0 saturated carbocycles. The molecule has 3 unspecified atom stereocenters. The van der Waals surface area contributed by atoms with Gasteiger partial charge < -0.3 is 14.7 Å². The molecule has 1 fully saturated rings. The standard InChI is InChI=1S/C17H26FNO2/c1-13(17(20)15-7-3-4-8-16(15)18)10-19-9-5-6-14(11-19)12-21-2/h3-4,7-8,13-14,17,20H,5-6,9-12H2,1-2H3. The highest BCUT2D eigenvalue weighted by atomic mass is 19.1. The maximum absolute atomic E-state index is 13.8. The topological polar surface area (TPSA) is 32.7 Å². The van der Waals surface area contributed by atoms with Crippen molar-refractivity contribution in [3.8, 4) is 0 Å². The maximum atomic E-state index is 13.8. The normalized spacial score (nSPS) is 23.0. The van der Waals surface area contributed by atoms with E-state index < -0.39 is 6.10 Å². The van der Waals surface area contributed by atoms with Crippen LogP contribution in [0.2, 0.25) is 0 Å². The van der Waals surface area contributed by atoms with Gasteiger partial charge in [-0.2, -0.15) is 0 Å². The van der Waals surface area contributed by atoms with E-state index in [1.165, 1.54) is 12.5 Å². The Kier molecular flexibility index (Phi) is 6.15. The Morgan fingerprint density at radius 3 is 2.90 bits per heavy atom. The number of rotatable bonds is 6. The van der Waals surface area contributed by atoms with Crippen LogP contribution in [0.5, 0.6) is 0 Å². The van der Waals surface area contributed by atoms with E-state index in [1.54, 1.807) is 25.3 Å². The lowest BCUT2D eigenvalue weighted by atomic mass is 9.94. The van der Waals surface area contributed by atoms with Crippen LogP contribution >= 0.6 is 0 Å². The fourth-order valence-corrected chi connectivity index (χ4v) is 3.22. The molecule has 4 heteroatoms. The zero-order chi connectivity index (χ0) is 15.2. The van der Waals surface area contributed by atoms with Crippen LogP contribution in [0.3, 0.4) is 0 Å². The predicted octanol–water partition coefficient (Wildman–Crippen LogP) is 2.85. The lowest BCUT2D eigenvalue weighted by Crippen LogP contribution is -2.40. The van der Waals surface area contributed by atoms with Gasteiger partial charge >= 0.3 is 0 Å². The van der Waals surface area contributed by atoms with E-state index in [-0.39, 0.29) is 11.7 Å². The predicted molar refractivity (Wildman–Crippen MR) is 81.6 cm³/mol. The minimum Gasteiger partial charge on any atom is -0.388 e. The van der Waals surface area contributed by atoms with Crippen molar-refractivity contribution in [3.05, 3.63) is 35.6 Å². The highest BCUT2D eigenvalue weighted by molar-refractivity contribution is 5.20. The summed E-state index contributed by atoms with van der Waals surface area (Å²) in [4.78, 5) is 2.36. The fraction of sp³-hybridized carbons (Fsp3) is 0.647. The van der Waals surface area contributed by atoms with Crippen molar-refractivity contribution in [2.45, 2.75) is 25.9 Å². The minimum atomic E-state index is -0.756. The minimum absolute atomic E-state index is 0.00296. The van der Waals surface area contributed by atoms with Gasteiger partial charge in [0.1, 0.15) is 5.82 Å². The molecule has 1 aliphatic heterocycles. The van der Waals surface area contributed by atoms with Crippen LogP contribution in [0.1, 0.15) is 31.4 Å². The Labute approximate surface area is 126 Å². The summed E-state index contributed by atoms with van der Waals surface area (Å²) in [5, 5.41) is 10.4. The molecule has 1 N–H and O–H groups in total. The number of nitrogens with zero attached hydrogens (tertiary/aromatic N) is 1. The number of halogens is 1. The first kappa shape index (κ1) is 16.4. The highest BCUT2D eigenvalue weighted by Crippen LogP contribution is 2.26. The summed E-state index contributed by atoms with van der Waals surface area (Å²) in [6, 6.07) is 6.49. The highest BCUT2D eigenvalue weighted by Gasteiger charge is 2.25. The lowest BCUT2D eigenvalue weighted by Gasteiger charge is -2.35. The van der Waals surface area contributed by atoms with Gasteiger partial charge in [-0.1, -0.05) is 25.1 Å². The van der Waals surface area contributed by atoms with E-state index in [2.05, 4.69) is 4.90 Å². The average molecular weight is 295 g/mol. The van der Waals surface area contributed by atoms with Crippen molar-refractivity contribution in [3.63, 3.8) is 0 Å². The second-order valence-electron chi connectivity index (χ2n) is 6.17. The third kappa shape index (κ3) is 4.50. The van der Waals surface area contributed by atoms with E-state index in [0.29, 0.717) is 11.5 Å². The lowest BCUT2D eigenvalue weighted by molar-refractivity contribution is 0.0516. The van der Waals surface area contributed by atoms with Crippen molar-refractivity contribution < 1.29 is 14.2 Å². The molecule has 0 bridgehead atoms. The Morgan fingerprint density at radius 2 is 2.19 bits per heavy atom. The van der Waals surface area contributed by atoms with E-state index in [9.17, 15) is 9.50 Å². The van der Waals surface area contributed by atoms with Crippen LogP contribution in [-0.2, 0) is 4.74 Å². The number of ether oxygens (including phenoxy) is 1. The molecule has 1 aromatic rings. The van der Waals surface area contributed by atoms with Crippen molar-refractivity contribution in [2.75, 3.05) is 33.4 Å². The summed E-state index contributed by atoms with van der Waals surface area (Å²) >= 11 is 0. The molecule has 1 heterocycles. The second-order valence-corrected chi connectivity index (χ2v) is 6.17. The largest absolute Gasteiger partial charge is 0.388 e. The number of hydrogen-bond acceptors (Lipinski definition) is 3. The summed E-state index contributed by atoms with van der Waals surface area (Å²) in [6.45, 7) is 5.62. The molecule has 1 aromatic carbocycles. The number of piperidine rings is 1. The van der Waals surface area contributed by atoms with Crippen molar-refractivity contribution in [1.82, 2.24) is 4.90 Å². The smallest absolute Gasteiger partial charge is 0.129 e. The van der Waals surface area contributed by atoms with Crippen LogP contribution in [0.25, 0.3) is 0 Å². The summed E-state index contributed by atoms with van der Waals surface area (Å²) < 4.78 is 19.0. The number of likely N-dealkylation sites (tertiary alicyclic amines) is 1. The molecule has 1 aliphatic rings. The molecule has 3 atom stereocenters. The molecule has 118 valence electrons. The summed E-state index contributed by atoms with van der Waals surface area (Å²) in [6.07, 6.45) is 1.61. The second kappa shape index (κ2) is 7.87. The number of benzene rings is 1. The van der Waals surface area contributed by atoms with Crippen molar-refractivity contribution >= 4 is 0 Å². The third-order valence-corrected chi connectivity index (χ3v) is 4.31. The SMILES string of the molecule is COCC1CCCN(CC(C)C(O)c2ccccc2F)C1. The molecule has 0 radical (unpaired) electrons. The Hall–Kier alpha value is -0.970. The number of hydrogen-bond donors (Lipinski definition) is 1. The van der Waals surface area contributed by atoms with Gasteiger partial charge in [0.25, 0.3) is 0 Å². The number of methoxy groups -OCH3 is 1. The first-order valence-electron chi connectivity index (χ1n) is 7.75. The Morgan fingerprint density at radius 1 is 1.43 bits per heavy atom. The van der Waals surface area contributed by atoms with Crippen molar-refractivity contribution in [2.24, 2.45) is 11.8 Å². The Balaban J connectivity index is 1.91. The third-order valence-electron chi connectivity index (χ3n) is 4.31. The molecule has 21 heavy (non-hydrogen) atoms. The molecule has 3 nitrogen and oxygen atoms in total. The van der Waals surface area contributed by atoms with Gasteiger partial charge in [0.2, 0.25) is 0 Å². The molecular weight excluding hydrogens is 269 g/mol. The van der Waals surface area contributed by atoms with Crippen LogP contribution < -0.4 is 0 Å². The zero-order valence-corrected chi connectivity index (χ0v) is 13.0. The molecule has 0 amide bonds. The maximum Gasteiger partial charge on any atom is 0.129 e. The van der Waals surface area contributed by atoms with Gasteiger partial charge in [0.05, 0.1) is 12.7 Å².